The first-order chi connectivity index (χ1) is 8.26. The van der Waals surface area contributed by atoms with Crippen molar-refractivity contribution >= 4 is 23.6 Å². The monoisotopic (exact) mass is 248 g/mol. The lowest BCUT2D eigenvalue weighted by Crippen LogP contribution is -2.26. The number of nitrogens with zero attached hydrogens (tertiary/aromatic N) is 2. The first kappa shape index (κ1) is 11.9. The normalized spacial score (nSPS) is 14.1. The molecule has 0 unspecified atom stereocenters. The van der Waals surface area contributed by atoms with Gasteiger partial charge >= 0.3 is 0 Å². The van der Waals surface area contributed by atoms with Gasteiger partial charge in [-0.05, 0) is 31.0 Å². The summed E-state index contributed by atoms with van der Waals surface area (Å²) < 4.78 is 0. The number of halogens is 1. The second kappa shape index (κ2) is 5.20. The third-order valence-electron chi connectivity index (χ3n) is 2.89. The average molecular weight is 249 g/mol. The summed E-state index contributed by atoms with van der Waals surface area (Å²) >= 11 is 6.01. The highest BCUT2D eigenvalue weighted by Gasteiger charge is 2.29. The molecule has 1 aromatic rings. The maximum Gasteiger partial charge on any atom is 0.151 e. The van der Waals surface area contributed by atoms with Gasteiger partial charge < -0.3 is 4.90 Å². The van der Waals surface area contributed by atoms with Gasteiger partial charge in [-0.15, -0.1) is 0 Å². The van der Waals surface area contributed by atoms with E-state index < -0.39 is 0 Å². The Hall–Kier alpha value is -1.53. The van der Waals surface area contributed by atoms with Gasteiger partial charge in [0.05, 0.1) is 17.5 Å². The number of hydrogen-bond acceptors (Lipinski definition) is 3. The van der Waals surface area contributed by atoms with E-state index in [1.807, 2.05) is 6.07 Å². The number of rotatable bonds is 5. The van der Waals surface area contributed by atoms with Crippen LogP contribution in [0.25, 0.3) is 0 Å². The van der Waals surface area contributed by atoms with Crippen LogP contribution < -0.4 is 4.90 Å². The van der Waals surface area contributed by atoms with Crippen LogP contribution in [-0.4, -0.2) is 18.9 Å². The highest BCUT2D eigenvalue weighted by atomic mass is 35.5. The number of carbonyl (C=O) groups is 1. The summed E-state index contributed by atoms with van der Waals surface area (Å²) in [4.78, 5) is 12.9. The topological polar surface area (TPSA) is 44.1 Å². The van der Waals surface area contributed by atoms with Crippen molar-refractivity contribution in [2.45, 2.75) is 25.3 Å². The summed E-state index contributed by atoms with van der Waals surface area (Å²) in [5.74, 6) is 0. The number of benzene rings is 1. The molecule has 0 atom stereocenters. The molecule has 0 aromatic heterocycles. The minimum atomic E-state index is 0.472. The lowest BCUT2D eigenvalue weighted by molar-refractivity contribution is 0.112. The number of hydrogen-bond donors (Lipinski definition) is 0. The smallest absolute Gasteiger partial charge is 0.151 e. The summed E-state index contributed by atoms with van der Waals surface area (Å²) in [6, 6.07) is 8.12. The van der Waals surface area contributed by atoms with E-state index in [-0.39, 0.29) is 0 Å². The van der Waals surface area contributed by atoms with Crippen LogP contribution in [0.2, 0.25) is 5.02 Å². The molecule has 0 radical (unpaired) electrons. The van der Waals surface area contributed by atoms with E-state index in [1.54, 1.807) is 12.1 Å². The van der Waals surface area contributed by atoms with Crippen LogP contribution in [0.15, 0.2) is 18.2 Å². The largest absolute Gasteiger partial charge is 0.367 e. The van der Waals surface area contributed by atoms with Crippen molar-refractivity contribution in [2.75, 3.05) is 11.4 Å². The fourth-order valence-corrected chi connectivity index (χ4v) is 2.09. The van der Waals surface area contributed by atoms with Crippen LogP contribution in [-0.2, 0) is 0 Å². The standard InChI is InChI=1S/C13H13ClN2O/c14-13-8-12(3-2-10(13)9-17)16(7-1-6-15)11-4-5-11/h2-3,8-9,11H,1,4-5,7H2. The Kier molecular flexibility index (Phi) is 3.65. The van der Waals surface area contributed by atoms with Gasteiger partial charge in [0.2, 0.25) is 0 Å². The van der Waals surface area contributed by atoms with Crippen molar-refractivity contribution in [2.24, 2.45) is 0 Å². The number of aldehydes is 1. The van der Waals surface area contributed by atoms with Crippen LogP contribution in [0, 0.1) is 11.3 Å². The van der Waals surface area contributed by atoms with Crippen LogP contribution in [0.4, 0.5) is 5.69 Å². The molecule has 0 heterocycles. The zero-order valence-electron chi connectivity index (χ0n) is 9.40. The van der Waals surface area contributed by atoms with Crippen LogP contribution in [0.3, 0.4) is 0 Å². The Bertz CT molecular complexity index is 463. The molecule has 1 aromatic carbocycles. The molecule has 1 fully saturated rings. The van der Waals surface area contributed by atoms with E-state index in [9.17, 15) is 4.79 Å². The third-order valence-corrected chi connectivity index (χ3v) is 3.22. The quantitative estimate of drug-likeness (QED) is 0.753. The molecule has 88 valence electrons. The summed E-state index contributed by atoms with van der Waals surface area (Å²) in [5.41, 5.74) is 1.50. The molecule has 1 aliphatic carbocycles. The highest BCUT2D eigenvalue weighted by Crippen LogP contribution is 2.33. The van der Waals surface area contributed by atoms with Crippen molar-refractivity contribution < 1.29 is 4.79 Å². The van der Waals surface area contributed by atoms with E-state index in [1.165, 1.54) is 12.8 Å². The average Bonchev–Trinajstić information content (AvgIpc) is 3.14. The van der Waals surface area contributed by atoms with Gasteiger partial charge in [-0.3, -0.25) is 4.79 Å². The van der Waals surface area contributed by atoms with Crippen LogP contribution in [0.5, 0.6) is 0 Å². The summed E-state index contributed by atoms with van der Waals surface area (Å²) in [5, 5.41) is 9.12. The Morgan fingerprint density at radius 2 is 2.29 bits per heavy atom. The predicted molar refractivity (Wildman–Crippen MR) is 67.4 cm³/mol. The Morgan fingerprint density at radius 1 is 1.53 bits per heavy atom. The van der Waals surface area contributed by atoms with E-state index in [0.717, 1.165) is 18.5 Å². The van der Waals surface area contributed by atoms with Crippen molar-refractivity contribution in [3.05, 3.63) is 28.8 Å². The van der Waals surface area contributed by atoms with E-state index in [4.69, 9.17) is 16.9 Å². The number of nitriles is 1. The van der Waals surface area contributed by atoms with E-state index in [2.05, 4.69) is 11.0 Å². The molecule has 0 aliphatic heterocycles. The molecular formula is C13H13ClN2O. The molecule has 1 saturated carbocycles. The van der Waals surface area contributed by atoms with Crippen LogP contribution in [0.1, 0.15) is 29.6 Å². The molecule has 1 aliphatic rings. The second-order valence-electron chi connectivity index (χ2n) is 4.16. The molecule has 2 rings (SSSR count). The van der Waals surface area contributed by atoms with Gasteiger partial charge in [-0.25, -0.2) is 0 Å². The highest BCUT2D eigenvalue weighted by molar-refractivity contribution is 6.33. The third kappa shape index (κ3) is 2.78. The molecule has 0 bridgehead atoms. The summed E-state index contributed by atoms with van der Waals surface area (Å²) in [7, 11) is 0. The molecule has 0 spiro atoms. The Labute approximate surface area is 106 Å². The van der Waals surface area contributed by atoms with Gasteiger partial charge in [0.15, 0.2) is 6.29 Å². The predicted octanol–water partition coefficient (Wildman–Crippen LogP) is 3.03. The SMILES string of the molecule is N#CCCN(c1ccc(C=O)c(Cl)c1)C1CC1. The number of carbonyl (C=O) groups excluding carboxylic acids is 1. The maximum atomic E-state index is 10.7. The second-order valence-corrected chi connectivity index (χ2v) is 4.56. The fraction of sp³-hybridized carbons (Fsp3) is 0.385. The van der Waals surface area contributed by atoms with Crippen molar-refractivity contribution in [1.82, 2.24) is 0 Å². The first-order valence-electron chi connectivity index (χ1n) is 5.64. The molecule has 4 heteroatoms. The molecule has 17 heavy (non-hydrogen) atoms. The summed E-state index contributed by atoms with van der Waals surface area (Å²) in [6.07, 6.45) is 3.59. The van der Waals surface area contributed by atoms with E-state index in [0.29, 0.717) is 23.0 Å². The van der Waals surface area contributed by atoms with Gasteiger partial charge in [-0.1, -0.05) is 11.6 Å². The summed E-state index contributed by atoms with van der Waals surface area (Å²) in [6.45, 7) is 0.720. The van der Waals surface area contributed by atoms with Gasteiger partial charge in [0.25, 0.3) is 0 Å². The first-order valence-corrected chi connectivity index (χ1v) is 6.02. The molecule has 3 nitrogen and oxygen atoms in total. The molecule has 0 amide bonds. The lowest BCUT2D eigenvalue weighted by Gasteiger charge is -2.23. The lowest BCUT2D eigenvalue weighted by atomic mass is 10.2. The minimum absolute atomic E-state index is 0.472. The molecular weight excluding hydrogens is 236 g/mol. The van der Waals surface area contributed by atoms with Gasteiger partial charge in [-0.2, -0.15) is 5.26 Å². The maximum absolute atomic E-state index is 10.7. The molecule has 0 saturated heterocycles. The zero-order valence-corrected chi connectivity index (χ0v) is 10.2. The van der Waals surface area contributed by atoms with Crippen molar-refractivity contribution in [3.63, 3.8) is 0 Å². The zero-order chi connectivity index (χ0) is 12.3. The van der Waals surface area contributed by atoms with Gasteiger partial charge in [0.1, 0.15) is 0 Å². The number of anilines is 1. The van der Waals surface area contributed by atoms with Gasteiger partial charge in [0, 0.05) is 23.8 Å². The minimum Gasteiger partial charge on any atom is -0.367 e. The van der Waals surface area contributed by atoms with Crippen molar-refractivity contribution in [3.8, 4) is 6.07 Å². The van der Waals surface area contributed by atoms with Crippen LogP contribution >= 0.6 is 11.6 Å². The molecule has 0 N–H and O–H groups in total. The van der Waals surface area contributed by atoms with Crippen molar-refractivity contribution in [1.29, 1.82) is 5.26 Å². The fourth-order valence-electron chi connectivity index (χ4n) is 1.87. The Balaban J connectivity index is 2.20. The van der Waals surface area contributed by atoms with E-state index >= 15 is 0 Å². The Morgan fingerprint density at radius 3 is 2.82 bits per heavy atom.